The van der Waals surface area contributed by atoms with Gasteiger partial charge in [-0.05, 0) is 30.7 Å². The molecule has 4 heteroatoms. The second-order valence-corrected chi connectivity index (χ2v) is 3.87. The summed E-state index contributed by atoms with van der Waals surface area (Å²) in [5, 5.41) is 2.80. The van der Waals surface area contributed by atoms with Crippen LogP contribution in [0.4, 0.5) is 11.4 Å². The zero-order chi connectivity index (χ0) is 10.8. The molecule has 1 saturated heterocycles. The van der Waals surface area contributed by atoms with Gasteiger partial charge in [-0.2, -0.15) is 0 Å². The summed E-state index contributed by atoms with van der Waals surface area (Å²) in [5.74, 6) is 0.0707. The maximum absolute atomic E-state index is 11.2. The third-order valence-corrected chi connectivity index (χ3v) is 2.49. The van der Waals surface area contributed by atoms with E-state index < -0.39 is 0 Å². The smallest absolute Gasteiger partial charge is 0.239 e. The first-order valence-electron chi connectivity index (χ1n) is 5.04. The zero-order valence-corrected chi connectivity index (χ0v) is 8.79. The minimum atomic E-state index is 0.0707. The number of hydrogen-bond acceptors (Lipinski definition) is 3. The summed E-state index contributed by atoms with van der Waals surface area (Å²) in [6.07, 6.45) is 0. The number of nitrogens with one attached hydrogen (secondary N) is 1. The quantitative estimate of drug-likeness (QED) is 0.657. The molecule has 0 spiro atoms. The molecule has 1 aliphatic heterocycles. The Kier molecular flexibility index (Phi) is 2.49. The standard InChI is InChI=1S/C11H15N3O/c1-8-4-9(12)6-10(5-8)14-3-2-13-11(15)7-14/h4-6H,2-3,7,12H2,1H3,(H,13,15). The number of benzene rings is 1. The molecule has 3 N–H and O–H groups in total. The number of aryl methyl sites for hydroxylation is 1. The van der Waals surface area contributed by atoms with Gasteiger partial charge in [0.2, 0.25) is 5.91 Å². The van der Waals surface area contributed by atoms with Gasteiger partial charge in [0.25, 0.3) is 0 Å². The molecule has 0 unspecified atom stereocenters. The first-order valence-corrected chi connectivity index (χ1v) is 5.04. The number of anilines is 2. The highest BCUT2D eigenvalue weighted by Crippen LogP contribution is 2.20. The molecule has 0 aliphatic carbocycles. The molecule has 0 saturated carbocycles. The monoisotopic (exact) mass is 205 g/mol. The summed E-state index contributed by atoms with van der Waals surface area (Å²) in [5.41, 5.74) is 8.67. The van der Waals surface area contributed by atoms with Crippen molar-refractivity contribution < 1.29 is 4.79 Å². The molecular formula is C11H15N3O. The van der Waals surface area contributed by atoms with Crippen molar-refractivity contribution in [2.75, 3.05) is 30.3 Å². The van der Waals surface area contributed by atoms with Crippen molar-refractivity contribution in [3.05, 3.63) is 23.8 Å². The van der Waals surface area contributed by atoms with E-state index in [0.717, 1.165) is 23.5 Å². The Morgan fingerprint density at radius 2 is 2.20 bits per heavy atom. The zero-order valence-electron chi connectivity index (χ0n) is 8.79. The number of nitrogens with two attached hydrogens (primary N) is 1. The van der Waals surface area contributed by atoms with Crippen LogP contribution in [0.2, 0.25) is 0 Å². The lowest BCUT2D eigenvalue weighted by Gasteiger charge is -2.29. The summed E-state index contributed by atoms with van der Waals surface area (Å²) in [7, 11) is 0. The number of rotatable bonds is 1. The number of piperazine rings is 1. The summed E-state index contributed by atoms with van der Waals surface area (Å²) in [6.45, 7) is 3.97. The second-order valence-electron chi connectivity index (χ2n) is 3.87. The predicted molar refractivity (Wildman–Crippen MR) is 60.8 cm³/mol. The van der Waals surface area contributed by atoms with Crippen LogP contribution < -0.4 is 16.0 Å². The predicted octanol–water partition coefficient (Wildman–Crippen LogP) is 0.513. The molecule has 2 rings (SSSR count). The highest BCUT2D eigenvalue weighted by atomic mass is 16.2. The Bertz CT molecular complexity index is 369. The lowest BCUT2D eigenvalue weighted by molar-refractivity contribution is -0.120. The van der Waals surface area contributed by atoms with E-state index in [1.54, 1.807) is 0 Å². The molecule has 0 radical (unpaired) electrons. The van der Waals surface area contributed by atoms with Crippen LogP contribution >= 0.6 is 0 Å². The molecule has 4 nitrogen and oxygen atoms in total. The van der Waals surface area contributed by atoms with Crippen LogP contribution in [0.5, 0.6) is 0 Å². The number of carbonyl (C=O) groups excluding carboxylic acids is 1. The number of hydrogen-bond donors (Lipinski definition) is 2. The second kappa shape index (κ2) is 3.81. The van der Waals surface area contributed by atoms with Crippen molar-refractivity contribution in [3.8, 4) is 0 Å². The van der Waals surface area contributed by atoms with Gasteiger partial charge in [0.15, 0.2) is 0 Å². The molecule has 80 valence electrons. The van der Waals surface area contributed by atoms with Crippen molar-refractivity contribution in [3.63, 3.8) is 0 Å². The SMILES string of the molecule is Cc1cc(N)cc(N2CCNC(=O)C2)c1. The molecule has 1 amide bonds. The van der Waals surface area contributed by atoms with Crippen molar-refractivity contribution in [2.24, 2.45) is 0 Å². The molecular weight excluding hydrogens is 190 g/mol. The van der Waals surface area contributed by atoms with E-state index in [1.165, 1.54) is 0 Å². The van der Waals surface area contributed by atoms with Crippen molar-refractivity contribution in [1.29, 1.82) is 0 Å². The number of amides is 1. The van der Waals surface area contributed by atoms with Crippen LogP contribution in [0.1, 0.15) is 5.56 Å². The number of nitrogen functional groups attached to an aromatic ring is 1. The molecule has 15 heavy (non-hydrogen) atoms. The maximum atomic E-state index is 11.2. The fraction of sp³-hybridized carbons (Fsp3) is 0.364. The van der Waals surface area contributed by atoms with Gasteiger partial charge >= 0.3 is 0 Å². The molecule has 0 bridgehead atoms. The Balaban J connectivity index is 2.24. The molecule has 1 aliphatic rings. The molecule has 0 atom stereocenters. The normalized spacial score (nSPS) is 16.3. The van der Waals surface area contributed by atoms with Gasteiger partial charge in [-0.15, -0.1) is 0 Å². The fourth-order valence-corrected chi connectivity index (χ4v) is 1.83. The van der Waals surface area contributed by atoms with E-state index in [9.17, 15) is 4.79 Å². The van der Waals surface area contributed by atoms with Gasteiger partial charge < -0.3 is 16.0 Å². The van der Waals surface area contributed by atoms with E-state index in [1.807, 2.05) is 24.0 Å². The Hall–Kier alpha value is -1.71. The Labute approximate surface area is 89.1 Å². The van der Waals surface area contributed by atoms with E-state index >= 15 is 0 Å². The maximum Gasteiger partial charge on any atom is 0.239 e. The van der Waals surface area contributed by atoms with Crippen LogP contribution in [0.15, 0.2) is 18.2 Å². The van der Waals surface area contributed by atoms with E-state index in [-0.39, 0.29) is 5.91 Å². The molecule has 1 aromatic carbocycles. The van der Waals surface area contributed by atoms with Gasteiger partial charge in [-0.3, -0.25) is 4.79 Å². The summed E-state index contributed by atoms with van der Waals surface area (Å²) < 4.78 is 0. The number of nitrogens with zero attached hydrogens (tertiary/aromatic N) is 1. The first-order chi connectivity index (χ1) is 7.15. The van der Waals surface area contributed by atoms with Gasteiger partial charge in [-0.25, -0.2) is 0 Å². The van der Waals surface area contributed by atoms with Crippen LogP contribution in [-0.4, -0.2) is 25.5 Å². The summed E-state index contributed by atoms with van der Waals surface area (Å²) >= 11 is 0. The van der Waals surface area contributed by atoms with Crippen molar-refractivity contribution in [1.82, 2.24) is 5.32 Å². The van der Waals surface area contributed by atoms with Gasteiger partial charge in [0, 0.05) is 24.5 Å². The highest BCUT2D eigenvalue weighted by Gasteiger charge is 2.16. The molecule has 1 aromatic rings. The summed E-state index contributed by atoms with van der Waals surface area (Å²) in [4.78, 5) is 13.3. The van der Waals surface area contributed by atoms with Gasteiger partial charge in [0.05, 0.1) is 6.54 Å². The van der Waals surface area contributed by atoms with E-state index in [4.69, 9.17) is 5.73 Å². The highest BCUT2D eigenvalue weighted by molar-refractivity contribution is 5.82. The number of carbonyl (C=O) groups is 1. The van der Waals surface area contributed by atoms with Gasteiger partial charge in [-0.1, -0.05) is 0 Å². The first kappa shape index (κ1) is 9.83. The van der Waals surface area contributed by atoms with E-state index in [2.05, 4.69) is 11.4 Å². The Morgan fingerprint density at radius 1 is 1.40 bits per heavy atom. The van der Waals surface area contributed by atoms with Crippen molar-refractivity contribution >= 4 is 17.3 Å². The minimum absolute atomic E-state index is 0.0707. The van der Waals surface area contributed by atoms with Crippen LogP contribution in [0.25, 0.3) is 0 Å². The average molecular weight is 205 g/mol. The van der Waals surface area contributed by atoms with Crippen LogP contribution in [0, 0.1) is 6.92 Å². The third-order valence-electron chi connectivity index (χ3n) is 2.49. The molecule has 0 aromatic heterocycles. The van der Waals surface area contributed by atoms with Crippen LogP contribution in [-0.2, 0) is 4.79 Å². The Morgan fingerprint density at radius 3 is 2.87 bits per heavy atom. The molecule has 1 fully saturated rings. The molecule has 1 heterocycles. The lowest BCUT2D eigenvalue weighted by atomic mass is 10.1. The largest absolute Gasteiger partial charge is 0.399 e. The summed E-state index contributed by atoms with van der Waals surface area (Å²) in [6, 6.07) is 5.88. The van der Waals surface area contributed by atoms with Crippen LogP contribution in [0.3, 0.4) is 0 Å². The van der Waals surface area contributed by atoms with E-state index in [0.29, 0.717) is 13.1 Å². The fourth-order valence-electron chi connectivity index (χ4n) is 1.83. The van der Waals surface area contributed by atoms with Gasteiger partial charge in [0.1, 0.15) is 0 Å². The minimum Gasteiger partial charge on any atom is -0.399 e. The van der Waals surface area contributed by atoms with Crippen molar-refractivity contribution in [2.45, 2.75) is 6.92 Å². The average Bonchev–Trinajstić information content (AvgIpc) is 2.16. The lowest BCUT2D eigenvalue weighted by Crippen LogP contribution is -2.47. The third kappa shape index (κ3) is 2.21. The topological polar surface area (TPSA) is 58.4 Å².